The quantitative estimate of drug-likeness (QED) is 0.738. The average Bonchev–Trinajstić information content (AvgIpc) is 3.04. The Bertz CT molecular complexity index is 578. The van der Waals surface area contributed by atoms with Crippen molar-refractivity contribution in [3.8, 4) is 9.75 Å². The van der Waals surface area contributed by atoms with Crippen LogP contribution in [0.2, 0.25) is 0 Å². The molecule has 2 amide bonds. The number of thiophene rings is 2. The Balaban J connectivity index is 1.98. The van der Waals surface area contributed by atoms with Gasteiger partial charge >= 0.3 is 11.8 Å². The highest BCUT2D eigenvalue weighted by Gasteiger charge is 2.15. The van der Waals surface area contributed by atoms with Crippen LogP contribution in [0, 0.1) is 0 Å². The minimum atomic E-state index is -1.06. The second-order valence-corrected chi connectivity index (χ2v) is 5.83. The Morgan fingerprint density at radius 1 is 1.32 bits per heavy atom. The lowest BCUT2D eigenvalue weighted by Crippen LogP contribution is -2.38. The fraction of sp³-hybridized carbons (Fsp3) is 0.167. The smallest absolute Gasteiger partial charge is 0.309 e. The van der Waals surface area contributed by atoms with Gasteiger partial charge in [0.1, 0.15) is 6.10 Å². The molecule has 5 nitrogen and oxygen atoms in total. The second kappa shape index (κ2) is 5.96. The summed E-state index contributed by atoms with van der Waals surface area (Å²) in [5.41, 5.74) is 4.80. The number of rotatable bonds is 4. The van der Waals surface area contributed by atoms with Crippen LogP contribution in [0.5, 0.6) is 0 Å². The molecule has 0 aliphatic heterocycles. The largest absolute Gasteiger partial charge is 0.386 e. The second-order valence-electron chi connectivity index (χ2n) is 3.77. The van der Waals surface area contributed by atoms with Crippen molar-refractivity contribution in [3.63, 3.8) is 0 Å². The highest BCUT2D eigenvalue weighted by Crippen LogP contribution is 2.33. The van der Waals surface area contributed by atoms with E-state index < -0.39 is 17.9 Å². The van der Waals surface area contributed by atoms with Gasteiger partial charge in [-0.2, -0.15) is 0 Å². The summed E-state index contributed by atoms with van der Waals surface area (Å²) in [7, 11) is 0. The van der Waals surface area contributed by atoms with Gasteiger partial charge in [-0.25, -0.2) is 0 Å². The van der Waals surface area contributed by atoms with E-state index in [-0.39, 0.29) is 6.54 Å². The van der Waals surface area contributed by atoms with Gasteiger partial charge in [0, 0.05) is 21.2 Å². The van der Waals surface area contributed by atoms with E-state index >= 15 is 0 Å². The van der Waals surface area contributed by atoms with Crippen LogP contribution in [0.1, 0.15) is 11.0 Å². The van der Waals surface area contributed by atoms with Gasteiger partial charge in [0.15, 0.2) is 0 Å². The number of hydrogen-bond acceptors (Lipinski definition) is 5. The van der Waals surface area contributed by atoms with E-state index in [2.05, 4.69) is 5.32 Å². The lowest BCUT2D eigenvalue weighted by atomic mass is 10.3. The highest BCUT2D eigenvalue weighted by molar-refractivity contribution is 7.21. The molecule has 4 N–H and O–H groups in total. The molecular formula is C12H12N2O3S2. The molecule has 1 atom stereocenters. The van der Waals surface area contributed by atoms with Gasteiger partial charge in [-0.1, -0.05) is 6.07 Å². The van der Waals surface area contributed by atoms with Crippen LogP contribution in [0.25, 0.3) is 9.75 Å². The molecule has 0 aliphatic rings. The minimum absolute atomic E-state index is 0.0355. The van der Waals surface area contributed by atoms with E-state index in [9.17, 15) is 14.7 Å². The summed E-state index contributed by atoms with van der Waals surface area (Å²) >= 11 is 3.07. The lowest BCUT2D eigenvalue weighted by Gasteiger charge is -2.08. The maximum atomic E-state index is 11.0. The molecule has 2 aromatic heterocycles. The van der Waals surface area contributed by atoms with E-state index in [1.807, 2.05) is 23.6 Å². The number of nitrogens with two attached hydrogens (primary N) is 1. The van der Waals surface area contributed by atoms with Gasteiger partial charge in [0.2, 0.25) is 0 Å². The third-order valence-electron chi connectivity index (χ3n) is 2.40. The van der Waals surface area contributed by atoms with E-state index in [1.54, 1.807) is 17.4 Å². The fourth-order valence-corrected chi connectivity index (χ4v) is 3.29. The maximum Gasteiger partial charge on any atom is 0.309 e. The molecule has 0 saturated carbocycles. The Labute approximate surface area is 117 Å². The van der Waals surface area contributed by atoms with E-state index in [0.717, 1.165) is 14.6 Å². The van der Waals surface area contributed by atoms with Crippen molar-refractivity contribution in [2.75, 3.05) is 6.54 Å². The van der Waals surface area contributed by atoms with Crippen molar-refractivity contribution in [2.45, 2.75) is 6.10 Å². The van der Waals surface area contributed by atoms with Gasteiger partial charge < -0.3 is 16.2 Å². The topological polar surface area (TPSA) is 92.4 Å². The number of aliphatic hydroxyl groups excluding tert-OH is 1. The first kappa shape index (κ1) is 13.7. The maximum absolute atomic E-state index is 11.0. The lowest BCUT2D eigenvalue weighted by molar-refractivity contribution is -0.137. The van der Waals surface area contributed by atoms with E-state index in [4.69, 9.17) is 5.73 Å². The standard InChI is InChI=1S/C12H12N2O3S2/c13-11(16)12(17)14-6-7(15)8-3-4-10(19-8)9-2-1-5-18-9/h1-5,7,15H,6H2,(H2,13,16)(H,14,17)/t7-/m1/s1. The molecule has 2 rings (SSSR count). The third-order valence-corrected chi connectivity index (χ3v) is 4.65. The summed E-state index contributed by atoms with van der Waals surface area (Å²) in [6.45, 7) is -0.0355. The molecule has 0 unspecified atom stereocenters. The van der Waals surface area contributed by atoms with Crippen LogP contribution < -0.4 is 11.1 Å². The summed E-state index contributed by atoms with van der Waals surface area (Å²) in [4.78, 5) is 24.4. The van der Waals surface area contributed by atoms with Crippen LogP contribution in [0.4, 0.5) is 0 Å². The Kier molecular flexibility index (Phi) is 4.31. The first-order chi connectivity index (χ1) is 9.08. The number of carbonyl (C=O) groups is 2. The summed E-state index contributed by atoms with van der Waals surface area (Å²) in [6.07, 6.45) is -0.845. The molecule has 7 heteroatoms. The van der Waals surface area contributed by atoms with E-state index in [0.29, 0.717) is 0 Å². The predicted octanol–water partition coefficient (Wildman–Crippen LogP) is 1.11. The van der Waals surface area contributed by atoms with Crippen LogP contribution in [-0.2, 0) is 9.59 Å². The summed E-state index contributed by atoms with van der Waals surface area (Å²) in [5, 5.41) is 14.2. The third kappa shape index (κ3) is 3.40. The molecule has 0 fully saturated rings. The van der Waals surface area contributed by atoms with E-state index in [1.165, 1.54) is 11.3 Å². The molecule has 0 aromatic carbocycles. The molecule has 0 bridgehead atoms. The Morgan fingerprint density at radius 2 is 2.11 bits per heavy atom. The van der Waals surface area contributed by atoms with Crippen molar-refractivity contribution >= 4 is 34.5 Å². The molecule has 19 heavy (non-hydrogen) atoms. The predicted molar refractivity (Wildman–Crippen MR) is 74.8 cm³/mol. The van der Waals surface area contributed by atoms with Crippen molar-refractivity contribution in [1.82, 2.24) is 5.32 Å². The van der Waals surface area contributed by atoms with Crippen molar-refractivity contribution in [2.24, 2.45) is 5.73 Å². The SMILES string of the molecule is NC(=O)C(=O)NC[C@@H](O)c1ccc(-c2cccs2)s1. The molecule has 0 aliphatic carbocycles. The molecule has 2 aromatic rings. The molecule has 0 spiro atoms. The van der Waals surface area contributed by atoms with Gasteiger partial charge in [0.25, 0.3) is 0 Å². The van der Waals surface area contributed by atoms with Gasteiger partial charge in [-0.05, 0) is 23.6 Å². The number of carbonyl (C=O) groups excluding carboxylic acids is 2. The highest BCUT2D eigenvalue weighted by atomic mass is 32.1. The fourth-order valence-electron chi connectivity index (χ4n) is 1.46. The van der Waals surface area contributed by atoms with Gasteiger partial charge in [-0.3, -0.25) is 9.59 Å². The molecule has 0 radical (unpaired) electrons. The summed E-state index contributed by atoms with van der Waals surface area (Å²) in [6, 6.07) is 7.69. The number of hydrogen-bond donors (Lipinski definition) is 3. The average molecular weight is 296 g/mol. The summed E-state index contributed by atoms with van der Waals surface area (Å²) in [5.74, 6) is -1.95. The monoisotopic (exact) mass is 296 g/mol. The zero-order valence-corrected chi connectivity index (χ0v) is 11.5. The Morgan fingerprint density at radius 3 is 2.74 bits per heavy atom. The van der Waals surface area contributed by atoms with Crippen molar-refractivity contribution < 1.29 is 14.7 Å². The van der Waals surface area contributed by atoms with Gasteiger partial charge in [-0.15, -0.1) is 22.7 Å². The normalized spacial score (nSPS) is 12.1. The zero-order valence-electron chi connectivity index (χ0n) is 9.83. The van der Waals surface area contributed by atoms with Crippen LogP contribution in [0.15, 0.2) is 29.6 Å². The Hall–Kier alpha value is -1.70. The molecule has 0 saturated heterocycles. The van der Waals surface area contributed by atoms with Crippen LogP contribution in [0.3, 0.4) is 0 Å². The number of aliphatic hydroxyl groups is 1. The first-order valence-corrected chi connectivity index (χ1v) is 7.17. The number of primary amides is 1. The molecule has 2 heterocycles. The van der Waals surface area contributed by atoms with Crippen molar-refractivity contribution in [3.05, 3.63) is 34.5 Å². The number of amides is 2. The van der Waals surface area contributed by atoms with Crippen molar-refractivity contribution in [1.29, 1.82) is 0 Å². The molecular weight excluding hydrogens is 284 g/mol. The van der Waals surface area contributed by atoms with Crippen LogP contribution in [-0.4, -0.2) is 23.5 Å². The minimum Gasteiger partial charge on any atom is -0.386 e. The van der Waals surface area contributed by atoms with Gasteiger partial charge in [0.05, 0.1) is 0 Å². The first-order valence-electron chi connectivity index (χ1n) is 5.47. The number of nitrogens with one attached hydrogen (secondary N) is 1. The zero-order chi connectivity index (χ0) is 13.8. The van der Waals surface area contributed by atoms with Crippen LogP contribution >= 0.6 is 22.7 Å². The molecule has 100 valence electrons. The summed E-state index contributed by atoms with van der Waals surface area (Å²) < 4.78 is 0.